The number of anilines is 1. The third kappa shape index (κ3) is 2.47. The molecule has 0 radical (unpaired) electrons. The zero-order valence-corrected chi connectivity index (χ0v) is 11.9. The highest BCUT2D eigenvalue weighted by atomic mass is 35.5. The number of aryl methyl sites for hydroxylation is 1. The number of methoxy groups -OCH3 is 2. The molecule has 2 rings (SSSR count). The summed E-state index contributed by atoms with van der Waals surface area (Å²) >= 11 is 6.27. The van der Waals surface area contributed by atoms with Gasteiger partial charge >= 0.3 is 0 Å². The van der Waals surface area contributed by atoms with Crippen molar-refractivity contribution in [3.63, 3.8) is 0 Å². The quantitative estimate of drug-likeness (QED) is 0.865. The van der Waals surface area contributed by atoms with Crippen molar-refractivity contribution >= 4 is 17.3 Å². The monoisotopic (exact) mass is 277 g/mol. The van der Waals surface area contributed by atoms with Crippen molar-refractivity contribution in [3.05, 3.63) is 40.9 Å². The van der Waals surface area contributed by atoms with Crippen LogP contribution in [0.15, 0.2) is 30.3 Å². The first-order valence-corrected chi connectivity index (χ1v) is 6.23. The Morgan fingerprint density at radius 2 is 1.74 bits per heavy atom. The minimum absolute atomic E-state index is 0.448. The van der Waals surface area contributed by atoms with Crippen LogP contribution >= 0.6 is 11.6 Å². The molecule has 0 fully saturated rings. The summed E-state index contributed by atoms with van der Waals surface area (Å²) in [6, 6.07) is 9.56. The van der Waals surface area contributed by atoms with Crippen LogP contribution in [-0.4, -0.2) is 14.2 Å². The number of hydrogen-bond donors (Lipinski definition) is 1. The van der Waals surface area contributed by atoms with E-state index in [1.54, 1.807) is 14.2 Å². The molecule has 0 saturated carbocycles. The summed E-state index contributed by atoms with van der Waals surface area (Å²) in [7, 11) is 3.15. The number of halogens is 1. The summed E-state index contributed by atoms with van der Waals surface area (Å²) in [4.78, 5) is 0. The number of ether oxygens (including phenoxy) is 2. The minimum atomic E-state index is 0.448. The Kier molecular flexibility index (Phi) is 3.86. The second-order valence-corrected chi connectivity index (χ2v) is 4.63. The molecule has 2 aromatic rings. The van der Waals surface area contributed by atoms with Gasteiger partial charge in [-0.25, -0.2) is 0 Å². The molecule has 3 nitrogen and oxygen atoms in total. The van der Waals surface area contributed by atoms with Gasteiger partial charge in [0, 0.05) is 16.8 Å². The van der Waals surface area contributed by atoms with E-state index in [1.165, 1.54) is 0 Å². The topological polar surface area (TPSA) is 44.5 Å². The zero-order valence-electron chi connectivity index (χ0n) is 11.2. The molecule has 0 aromatic heterocycles. The van der Waals surface area contributed by atoms with Crippen LogP contribution in [0.3, 0.4) is 0 Å². The number of nitrogens with two attached hydrogens (primary N) is 1. The van der Waals surface area contributed by atoms with Crippen molar-refractivity contribution in [2.75, 3.05) is 20.0 Å². The molecule has 2 aromatic carbocycles. The first kappa shape index (κ1) is 13.6. The summed E-state index contributed by atoms with van der Waals surface area (Å²) in [5.41, 5.74) is 9.60. The molecule has 0 aliphatic rings. The number of benzene rings is 2. The van der Waals surface area contributed by atoms with Crippen LogP contribution in [0.5, 0.6) is 11.5 Å². The van der Waals surface area contributed by atoms with E-state index in [0.717, 1.165) is 16.7 Å². The molecule has 0 amide bonds. The van der Waals surface area contributed by atoms with Gasteiger partial charge in [-0.2, -0.15) is 0 Å². The van der Waals surface area contributed by atoms with Crippen LogP contribution in [0.4, 0.5) is 5.69 Å². The second-order valence-electron chi connectivity index (χ2n) is 4.25. The Morgan fingerprint density at radius 3 is 2.37 bits per heavy atom. The summed E-state index contributed by atoms with van der Waals surface area (Å²) in [5.74, 6) is 1.15. The van der Waals surface area contributed by atoms with Crippen LogP contribution in [-0.2, 0) is 0 Å². The third-order valence-corrected chi connectivity index (χ3v) is 3.34. The van der Waals surface area contributed by atoms with Gasteiger partial charge in [0.2, 0.25) is 0 Å². The van der Waals surface area contributed by atoms with E-state index in [-0.39, 0.29) is 0 Å². The van der Waals surface area contributed by atoms with E-state index in [4.69, 9.17) is 26.8 Å². The molecule has 19 heavy (non-hydrogen) atoms. The van der Waals surface area contributed by atoms with Gasteiger partial charge in [0.15, 0.2) is 0 Å². The molecule has 0 spiro atoms. The average Bonchev–Trinajstić information content (AvgIpc) is 2.41. The summed E-state index contributed by atoms with van der Waals surface area (Å²) < 4.78 is 10.6. The Bertz CT molecular complexity index is 611. The third-order valence-electron chi connectivity index (χ3n) is 2.98. The van der Waals surface area contributed by atoms with Gasteiger partial charge in [-0.15, -0.1) is 0 Å². The summed E-state index contributed by atoms with van der Waals surface area (Å²) in [5, 5.41) is 0.448. The largest absolute Gasteiger partial charge is 0.495 e. The van der Waals surface area contributed by atoms with Gasteiger partial charge in [0.1, 0.15) is 16.5 Å². The van der Waals surface area contributed by atoms with E-state index in [1.807, 2.05) is 37.3 Å². The molecule has 0 aliphatic carbocycles. The fraction of sp³-hybridized carbons (Fsp3) is 0.200. The van der Waals surface area contributed by atoms with Crippen molar-refractivity contribution in [3.8, 4) is 22.6 Å². The fourth-order valence-electron chi connectivity index (χ4n) is 2.01. The van der Waals surface area contributed by atoms with Crippen molar-refractivity contribution in [1.29, 1.82) is 0 Å². The lowest BCUT2D eigenvalue weighted by atomic mass is 10.0. The van der Waals surface area contributed by atoms with Crippen LogP contribution in [0.1, 0.15) is 5.56 Å². The number of nitrogen functional groups attached to an aromatic ring is 1. The normalized spacial score (nSPS) is 10.3. The molecule has 0 saturated heterocycles. The average molecular weight is 278 g/mol. The highest BCUT2D eigenvalue weighted by molar-refractivity contribution is 6.34. The fourth-order valence-corrected chi connectivity index (χ4v) is 2.33. The Hall–Kier alpha value is -1.87. The molecule has 2 N–H and O–H groups in total. The van der Waals surface area contributed by atoms with Crippen molar-refractivity contribution in [2.24, 2.45) is 0 Å². The SMILES string of the molecule is COc1ccc(-c2cc(C)ccc2N)c(OC)c1Cl. The molecule has 0 heterocycles. The Morgan fingerprint density at radius 1 is 1.00 bits per heavy atom. The zero-order chi connectivity index (χ0) is 14.0. The molecular weight excluding hydrogens is 262 g/mol. The maximum absolute atomic E-state index is 6.27. The van der Waals surface area contributed by atoms with Gasteiger partial charge in [-0.05, 0) is 31.2 Å². The smallest absolute Gasteiger partial charge is 0.149 e. The predicted molar refractivity (Wildman–Crippen MR) is 79.1 cm³/mol. The van der Waals surface area contributed by atoms with Crippen molar-refractivity contribution < 1.29 is 9.47 Å². The van der Waals surface area contributed by atoms with E-state index >= 15 is 0 Å². The first-order valence-electron chi connectivity index (χ1n) is 5.85. The lowest BCUT2D eigenvalue weighted by molar-refractivity contribution is 0.396. The second kappa shape index (κ2) is 5.41. The molecule has 4 heteroatoms. The Labute approximate surface area is 117 Å². The van der Waals surface area contributed by atoms with Crippen molar-refractivity contribution in [2.45, 2.75) is 6.92 Å². The number of rotatable bonds is 3. The molecular formula is C15H16ClNO2. The number of hydrogen-bond acceptors (Lipinski definition) is 3. The molecule has 0 aliphatic heterocycles. The van der Waals surface area contributed by atoms with E-state index in [2.05, 4.69) is 0 Å². The predicted octanol–water partition coefficient (Wildman–Crippen LogP) is 3.91. The van der Waals surface area contributed by atoms with Crippen LogP contribution in [0.25, 0.3) is 11.1 Å². The Balaban J connectivity index is 2.68. The van der Waals surface area contributed by atoms with Crippen LogP contribution < -0.4 is 15.2 Å². The lowest BCUT2D eigenvalue weighted by Crippen LogP contribution is -1.96. The summed E-state index contributed by atoms with van der Waals surface area (Å²) in [6.07, 6.45) is 0. The van der Waals surface area contributed by atoms with Gasteiger partial charge in [0.25, 0.3) is 0 Å². The standard InChI is InChI=1S/C15H16ClNO2/c1-9-4-6-12(17)11(8-9)10-5-7-13(18-2)14(16)15(10)19-3/h4-8H,17H2,1-3H3. The highest BCUT2D eigenvalue weighted by Gasteiger charge is 2.16. The van der Waals surface area contributed by atoms with Crippen LogP contribution in [0, 0.1) is 6.92 Å². The van der Waals surface area contributed by atoms with Gasteiger partial charge in [-0.3, -0.25) is 0 Å². The minimum Gasteiger partial charge on any atom is -0.495 e. The van der Waals surface area contributed by atoms with Gasteiger partial charge < -0.3 is 15.2 Å². The van der Waals surface area contributed by atoms with Crippen LogP contribution in [0.2, 0.25) is 5.02 Å². The molecule has 0 bridgehead atoms. The molecule has 0 unspecified atom stereocenters. The van der Waals surface area contributed by atoms with E-state index < -0.39 is 0 Å². The highest BCUT2D eigenvalue weighted by Crippen LogP contribution is 2.43. The van der Waals surface area contributed by atoms with Crippen molar-refractivity contribution in [1.82, 2.24) is 0 Å². The first-order chi connectivity index (χ1) is 9.08. The lowest BCUT2D eigenvalue weighted by Gasteiger charge is -2.15. The molecule has 100 valence electrons. The molecule has 0 atom stereocenters. The van der Waals surface area contributed by atoms with Gasteiger partial charge in [-0.1, -0.05) is 23.2 Å². The maximum Gasteiger partial charge on any atom is 0.149 e. The maximum atomic E-state index is 6.27. The van der Waals surface area contributed by atoms with Gasteiger partial charge in [0.05, 0.1) is 14.2 Å². The van der Waals surface area contributed by atoms with E-state index in [0.29, 0.717) is 22.2 Å². The summed E-state index contributed by atoms with van der Waals surface area (Å²) in [6.45, 7) is 2.01. The van der Waals surface area contributed by atoms with E-state index in [9.17, 15) is 0 Å².